The lowest BCUT2D eigenvalue weighted by Crippen LogP contribution is -2.25. The molecule has 13 heavy (non-hydrogen) atoms. The fourth-order valence-corrected chi connectivity index (χ4v) is 1.35. The van der Waals surface area contributed by atoms with Crippen molar-refractivity contribution in [2.24, 2.45) is 4.99 Å². The smallest absolute Gasteiger partial charge is 0.247 e. The molecular formula is C9H7ClN2O. The number of hydrogen-bond donors (Lipinski definition) is 1. The van der Waals surface area contributed by atoms with E-state index in [0.29, 0.717) is 10.9 Å². The van der Waals surface area contributed by atoms with Crippen LogP contribution in [0.25, 0.3) is 0 Å². The second kappa shape index (κ2) is 3.18. The molecule has 1 aliphatic heterocycles. The highest BCUT2D eigenvalue weighted by atomic mass is 35.5. The van der Waals surface area contributed by atoms with Crippen LogP contribution in [-0.4, -0.2) is 18.3 Å². The van der Waals surface area contributed by atoms with Crippen LogP contribution >= 0.6 is 11.6 Å². The third-order valence-corrected chi connectivity index (χ3v) is 1.97. The standard InChI is InChI=1S/C9H7ClN2O/c10-7-3-1-2-6(4-7)9-11-5-8(13)12-9/h1-4H,5H2,(H,11,12,13). The zero-order valence-corrected chi connectivity index (χ0v) is 7.51. The Kier molecular flexibility index (Phi) is 2.02. The second-order valence-corrected chi connectivity index (χ2v) is 3.16. The van der Waals surface area contributed by atoms with Crippen LogP contribution in [-0.2, 0) is 4.79 Å². The summed E-state index contributed by atoms with van der Waals surface area (Å²) in [6.07, 6.45) is 0. The van der Waals surface area contributed by atoms with Crippen LogP contribution < -0.4 is 5.32 Å². The number of rotatable bonds is 1. The summed E-state index contributed by atoms with van der Waals surface area (Å²) in [6.45, 7) is 0.210. The molecule has 0 fully saturated rings. The van der Waals surface area contributed by atoms with E-state index in [9.17, 15) is 4.79 Å². The number of benzene rings is 1. The summed E-state index contributed by atoms with van der Waals surface area (Å²) in [6, 6.07) is 7.23. The van der Waals surface area contributed by atoms with Crippen molar-refractivity contribution in [3.05, 3.63) is 34.9 Å². The molecule has 4 heteroatoms. The van der Waals surface area contributed by atoms with E-state index in [4.69, 9.17) is 11.6 Å². The Balaban J connectivity index is 2.31. The lowest BCUT2D eigenvalue weighted by Gasteiger charge is -2.00. The Morgan fingerprint density at radius 1 is 1.46 bits per heavy atom. The first-order valence-corrected chi connectivity index (χ1v) is 4.24. The van der Waals surface area contributed by atoms with Gasteiger partial charge in [0.2, 0.25) is 5.91 Å². The fourth-order valence-electron chi connectivity index (χ4n) is 1.16. The number of hydrogen-bond acceptors (Lipinski definition) is 2. The van der Waals surface area contributed by atoms with Crippen LogP contribution in [0.4, 0.5) is 0 Å². The summed E-state index contributed by atoms with van der Waals surface area (Å²) in [5, 5.41) is 3.29. The molecule has 0 bridgehead atoms. The molecule has 1 aromatic rings. The van der Waals surface area contributed by atoms with E-state index < -0.39 is 0 Å². The average molecular weight is 195 g/mol. The van der Waals surface area contributed by atoms with Gasteiger partial charge in [-0.15, -0.1) is 0 Å². The van der Waals surface area contributed by atoms with Gasteiger partial charge in [-0.3, -0.25) is 9.79 Å². The van der Waals surface area contributed by atoms with Crippen LogP contribution in [0, 0.1) is 0 Å². The Morgan fingerprint density at radius 2 is 2.31 bits per heavy atom. The lowest BCUT2D eigenvalue weighted by molar-refractivity contribution is -0.117. The number of nitrogens with zero attached hydrogens (tertiary/aromatic N) is 1. The van der Waals surface area contributed by atoms with Gasteiger partial charge in [0.15, 0.2) is 0 Å². The van der Waals surface area contributed by atoms with Gasteiger partial charge in [0.05, 0.1) is 0 Å². The van der Waals surface area contributed by atoms with E-state index in [1.807, 2.05) is 12.1 Å². The average Bonchev–Trinajstić information content (AvgIpc) is 2.52. The van der Waals surface area contributed by atoms with Gasteiger partial charge in [-0.25, -0.2) is 0 Å². The van der Waals surface area contributed by atoms with Gasteiger partial charge in [-0.1, -0.05) is 23.7 Å². The van der Waals surface area contributed by atoms with Crippen LogP contribution in [0.5, 0.6) is 0 Å². The van der Waals surface area contributed by atoms with Crippen LogP contribution in [0.15, 0.2) is 29.3 Å². The van der Waals surface area contributed by atoms with Crippen molar-refractivity contribution in [2.75, 3.05) is 6.54 Å². The molecule has 66 valence electrons. The summed E-state index contributed by atoms with van der Waals surface area (Å²) in [4.78, 5) is 14.9. The number of aliphatic imine (C=N–C) groups is 1. The predicted octanol–water partition coefficient (Wildman–Crippen LogP) is 1.22. The van der Waals surface area contributed by atoms with Crippen molar-refractivity contribution in [2.45, 2.75) is 0 Å². The summed E-state index contributed by atoms with van der Waals surface area (Å²) >= 11 is 5.79. The number of amides is 1. The first-order valence-electron chi connectivity index (χ1n) is 3.86. The Labute approximate surface area is 80.4 Å². The van der Waals surface area contributed by atoms with Gasteiger partial charge < -0.3 is 5.32 Å². The third kappa shape index (κ3) is 1.70. The molecule has 0 saturated carbocycles. The van der Waals surface area contributed by atoms with Gasteiger partial charge in [0, 0.05) is 10.6 Å². The Morgan fingerprint density at radius 3 is 2.92 bits per heavy atom. The first-order chi connectivity index (χ1) is 6.25. The topological polar surface area (TPSA) is 41.5 Å². The number of nitrogens with one attached hydrogen (secondary N) is 1. The zero-order chi connectivity index (χ0) is 9.26. The molecule has 0 aromatic heterocycles. The van der Waals surface area contributed by atoms with Gasteiger partial charge in [0.1, 0.15) is 12.4 Å². The van der Waals surface area contributed by atoms with Gasteiger partial charge in [-0.05, 0) is 12.1 Å². The summed E-state index contributed by atoms with van der Waals surface area (Å²) in [7, 11) is 0. The predicted molar refractivity (Wildman–Crippen MR) is 51.0 cm³/mol. The molecule has 0 aliphatic carbocycles. The molecule has 0 radical (unpaired) electrons. The number of carbonyl (C=O) groups is 1. The molecular weight excluding hydrogens is 188 g/mol. The van der Waals surface area contributed by atoms with Crippen molar-refractivity contribution in [3.8, 4) is 0 Å². The molecule has 1 aliphatic rings. The zero-order valence-electron chi connectivity index (χ0n) is 6.75. The number of carbonyl (C=O) groups excluding carboxylic acids is 1. The van der Waals surface area contributed by atoms with Gasteiger partial charge >= 0.3 is 0 Å². The molecule has 1 amide bonds. The fraction of sp³-hybridized carbons (Fsp3) is 0.111. The Bertz CT molecular complexity index is 387. The third-order valence-electron chi connectivity index (χ3n) is 1.74. The molecule has 1 N–H and O–H groups in total. The van der Waals surface area contributed by atoms with E-state index in [-0.39, 0.29) is 12.5 Å². The van der Waals surface area contributed by atoms with Crippen LogP contribution in [0.2, 0.25) is 5.02 Å². The lowest BCUT2D eigenvalue weighted by atomic mass is 10.2. The van der Waals surface area contributed by atoms with Crippen molar-refractivity contribution in [3.63, 3.8) is 0 Å². The molecule has 0 saturated heterocycles. The largest absolute Gasteiger partial charge is 0.309 e. The molecule has 0 spiro atoms. The first kappa shape index (κ1) is 8.26. The van der Waals surface area contributed by atoms with E-state index >= 15 is 0 Å². The van der Waals surface area contributed by atoms with E-state index in [2.05, 4.69) is 10.3 Å². The van der Waals surface area contributed by atoms with Crippen molar-refractivity contribution >= 4 is 23.3 Å². The maximum atomic E-state index is 10.9. The highest BCUT2D eigenvalue weighted by Gasteiger charge is 2.14. The maximum absolute atomic E-state index is 10.9. The van der Waals surface area contributed by atoms with Crippen molar-refractivity contribution in [1.82, 2.24) is 5.32 Å². The van der Waals surface area contributed by atoms with Gasteiger partial charge in [0.25, 0.3) is 0 Å². The summed E-state index contributed by atoms with van der Waals surface area (Å²) in [5.74, 6) is 0.530. The molecule has 0 atom stereocenters. The molecule has 1 heterocycles. The summed E-state index contributed by atoms with van der Waals surface area (Å²) < 4.78 is 0. The maximum Gasteiger partial charge on any atom is 0.247 e. The van der Waals surface area contributed by atoms with Crippen molar-refractivity contribution in [1.29, 1.82) is 0 Å². The van der Waals surface area contributed by atoms with E-state index in [1.54, 1.807) is 12.1 Å². The monoisotopic (exact) mass is 194 g/mol. The molecule has 0 unspecified atom stereocenters. The van der Waals surface area contributed by atoms with E-state index in [1.165, 1.54) is 0 Å². The number of halogens is 1. The minimum atomic E-state index is -0.0741. The normalized spacial score (nSPS) is 15.5. The molecule has 2 rings (SSSR count). The molecule has 3 nitrogen and oxygen atoms in total. The van der Waals surface area contributed by atoms with E-state index in [0.717, 1.165) is 5.56 Å². The highest BCUT2D eigenvalue weighted by Crippen LogP contribution is 2.11. The minimum Gasteiger partial charge on any atom is -0.309 e. The van der Waals surface area contributed by atoms with Crippen LogP contribution in [0.3, 0.4) is 0 Å². The SMILES string of the molecule is O=C1CN=C(c2cccc(Cl)c2)N1. The highest BCUT2D eigenvalue weighted by molar-refractivity contribution is 6.31. The number of amidine groups is 1. The summed E-state index contributed by atoms with van der Waals surface area (Å²) in [5.41, 5.74) is 0.846. The van der Waals surface area contributed by atoms with Crippen molar-refractivity contribution < 1.29 is 4.79 Å². The quantitative estimate of drug-likeness (QED) is 0.718. The van der Waals surface area contributed by atoms with Gasteiger partial charge in [-0.2, -0.15) is 0 Å². The second-order valence-electron chi connectivity index (χ2n) is 2.72. The minimum absolute atomic E-state index is 0.0741. The molecule has 1 aromatic carbocycles. The van der Waals surface area contributed by atoms with Crippen LogP contribution in [0.1, 0.15) is 5.56 Å². The Hall–Kier alpha value is -1.35.